The van der Waals surface area contributed by atoms with Crippen LogP contribution in [0.15, 0.2) is 0 Å². The first-order valence-corrected chi connectivity index (χ1v) is 5.68. The molecular weight excluding hydrogens is 224 g/mol. The zero-order valence-electron chi connectivity index (χ0n) is 10.4. The van der Waals surface area contributed by atoms with E-state index in [1.54, 1.807) is 20.8 Å². The van der Waals surface area contributed by atoms with Crippen LogP contribution in [0.2, 0.25) is 0 Å². The molecule has 1 aliphatic heterocycles. The maximum Gasteiger partial charge on any atom is 0.326 e. The second-order valence-corrected chi connectivity index (χ2v) is 5.48. The Morgan fingerprint density at radius 1 is 1.41 bits per heavy atom. The first-order chi connectivity index (χ1) is 7.71. The number of urea groups is 1. The summed E-state index contributed by atoms with van der Waals surface area (Å²) < 4.78 is 0. The van der Waals surface area contributed by atoms with Gasteiger partial charge in [-0.3, -0.25) is 0 Å². The number of likely N-dealkylation sites (tertiary alicyclic amines) is 1. The Hall–Kier alpha value is -1.30. The minimum atomic E-state index is -1.05. The molecule has 17 heavy (non-hydrogen) atoms. The molecule has 0 aromatic carbocycles. The molecule has 1 rings (SSSR count). The van der Waals surface area contributed by atoms with Gasteiger partial charge in [-0.1, -0.05) is 20.8 Å². The molecule has 0 radical (unpaired) electrons. The average Bonchev–Trinajstić information content (AvgIpc) is 2.58. The van der Waals surface area contributed by atoms with E-state index in [0.29, 0.717) is 13.0 Å². The molecule has 0 aliphatic carbocycles. The highest BCUT2D eigenvalue weighted by atomic mass is 16.4. The lowest BCUT2D eigenvalue weighted by atomic mass is 9.87. The monoisotopic (exact) mass is 244 g/mol. The molecule has 3 N–H and O–H groups in total. The summed E-state index contributed by atoms with van der Waals surface area (Å²) in [6, 6.07) is -1.36. The van der Waals surface area contributed by atoms with E-state index in [4.69, 9.17) is 5.11 Å². The summed E-state index contributed by atoms with van der Waals surface area (Å²) in [6.07, 6.45) is 0.0411. The van der Waals surface area contributed by atoms with E-state index in [-0.39, 0.29) is 6.54 Å². The van der Waals surface area contributed by atoms with Gasteiger partial charge < -0.3 is 20.4 Å². The summed E-state index contributed by atoms with van der Waals surface area (Å²) in [6.45, 7) is 5.99. The topological polar surface area (TPSA) is 89.9 Å². The van der Waals surface area contributed by atoms with Crippen molar-refractivity contribution in [2.45, 2.75) is 39.3 Å². The number of carbonyl (C=O) groups is 2. The van der Waals surface area contributed by atoms with Gasteiger partial charge in [0.15, 0.2) is 0 Å². The molecule has 0 bridgehead atoms. The van der Waals surface area contributed by atoms with Crippen LogP contribution in [0.4, 0.5) is 4.79 Å². The number of aliphatic hydroxyl groups is 1. The minimum absolute atomic E-state index is 0.266. The predicted octanol–water partition coefficient (Wildman–Crippen LogP) is 0.262. The molecule has 1 fully saturated rings. The molecule has 1 aliphatic rings. The van der Waals surface area contributed by atoms with E-state index in [1.807, 2.05) is 0 Å². The maximum atomic E-state index is 11.8. The van der Waals surface area contributed by atoms with Crippen molar-refractivity contribution in [1.82, 2.24) is 10.2 Å². The van der Waals surface area contributed by atoms with Crippen molar-refractivity contribution in [3.8, 4) is 0 Å². The van der Waals surface area contributed by atoms with Gasteiger partial charge in [-0.15, -0.1) is 0 Å². The summed E-state index contributed by atoms with van der Waals surface area (Å²) in [4.78, 5) is 24.3. The number of rotatable bonds is 2. The Morgan fingerprint density at radius 3 is 2.35 bits per heavy atom. The Morgan fingerprint density at radius 2 is 2.00 bits per heavy atom. The van der Waals surface area contributed by atoms with Gasteiger partial charge in [0.2, 0.25) is 0 Å². The van der Waals surface area contributed by atoms with Crippen LogP contribution in [0.25, 0.3) is 0 Å². The molecule has 1 unspecified atom stereocenters. The summed E-state index contributed by atoms with van der Waals surface area (Å²) in [7, 11) is 0. The number of amides is 2. The van der Waals surface area contributed by atoms with Crippen molar-refractivity contribution in [3.63, 3.8) is 0 Å². The second-order valence-electron chi connectivity index (χ2n) is 5.48. The van der Waals surface area contributed by atoms with Crippen molar-refractivity contribution in [2.24, 2.45) is 5.41 Å². The first kappa shape index (κ1) is 13.8. The van der Waals surface area contributed by atoms with Crippen molar-refractivity contribution in [1.29, 1.82) is 0 Å². The Labute approximate surface area is 101 Å². The molecule has 6 nitrogen and oxygen atoms in total. The summed E-state index contributed by atoms with van der Waals surface area (Å²) in [5.41, 5.74) is -0.556. The number of aliphatic hydroxyl groups excluding tert-OH is 1. The fraction of sp³-hybridized carbons (Fsp3) is 0.818. The van der Waals surface area contributed by atoms with E-state index >= 15 is 0 Å². The van der Waals surface area contributed by atoms with Gasteiger partial charge in [0.05, 0.1) is 6.10 Å². The molecule has 2 atom stereocenters. The molecule has 0 saturated carbocycles. The van der Waals surface area contributed by atoms with Gasteiger partial charge in [0.1, 0.15) is 6.04 Å². The predicted molar refractivity (Wildman–Crippen MR) is 61.6 cm³/mol. The number of hydrogen-bond acceptors (Lipinski definition) is 3. The molecule has 2 amide bonds. The second kappa shape index (κ2) is 4.91. The highest BCUT2D eigenvalue weighted by Gasteiger charge is 2.35. The molecule has 6 heteroatoms. The van der Waals surface area contributed by atoms with E-state index in [0.717, 1.165) is 0 Å². The summed E-state index contributed by atoms with van der Waals surface area (Å²) in [5, 5.41) is 20.9. The Bertz CT molecular complexity index is 311. The van der Waals surface area contributed by atoms with Gasteiger partial charge in [0.25, 0.3) is 0 Å². The zero-order chi connectivity index (χ0) is 13.2. The molecular formula is C11H20N2O4. The van der Waals surface area contributed by atoms with Gasteiger partial charge in [-0.2, -0.15) is 0 Å². The lowest BCUT2D eigenvalue weighted by Crippen LogP contribution is -2.53. The number of nitrogens with zero attached hydrogens (tertiary/aromatic N) is 1. The van der Waals surface area contributed by atoms with Gasteiger partial charge in [0, 0.05) is 13.1 Å². The number of aliphatic carboxylic acids is 1. The molecule has 0 spiro atoms. The number of β-amino-alcohol motifs (C(OH)–C–C–N with tert-alkyl or cyclic N) is 1. The van der Waals surface area contributed by atoms with Crippen molar-refractivity contribution in [3.05, 3.63) is 0 Å². The standard InChI is InChI=1S/C11H20N2O4/c1-11(2,3)8(9(15)16)12-10(17)13-5-4-7(14)6-13/h7-8,14H,4-6H2,1-3H3,(H,12,17)(H,15,16)/t7?,8-/m1/s1. The molecule has 1 heterocycles. The fourth-order valence-electron chi connectivity index (χ4n) is 1.79. The highest BCUT2D eigenvalue weighted by molar-refractivity contribution is 5.83. The third-order valence-electron chi connectivity index (χ3n) is 2.83. The fourth-order valence-corrected chi connectivity index (χ4v) is 1.79. The SMILES string of the molecule is CC(C)(C)[C@H](NC(=O)N1CCC(O)C1)C(=O)O. The van der Waals surface area contributed by atoms with Gasteiger partial charge in [-0.05, 0) is 11.8 Å². The third-order valence-corrected chi connectivity index (χ3v) is 2.83. The van der Waals surface area contributed by atoms with E-state index in [1.165, 1.54) is 4.90 Å². The smallest absolute Gasteiger partial charge is 0.326 e. The van der Waals surface area contributed by atoms with Crippen molar-refractivity contribution in [2.75, 3.05) is 13.1 Å². The van der Waals surface area contributed by atoms with Crippen LogP contribution in [0.3, 0.4) is 0 Å². The number of hydrogen-bond donors (Lipinski definition) is 3. The maximum absolute atomic E-state index is 11.8. The van der Waals surface area contributed by atoms with E-state index in [2.05, 4.69) is 5.32 Å². The molecule has 1 saturated heterocycles. The van der Waals surface area contributed by atoms with Crippen LogP contribution in [-0.2, 0) is 4.79 Å². The zero-order valence-corrected chi connectivity index (χ0v) is 10.4. The van der Waals surface area contributed by atoms with Crippen LogP contribution in [0, 0.1) is 5.41 Å². The summed E-state index contributed by atoms with van der Waals surface area (Å²) in [5.74, 6) is -1.05. The van der Waals surface area contributed by atoms with E-state index in [9.17, 15) is 14.7 Å². The first-order valence-electron chi connectivity index (χ1n) is 5.68. The van der Waals surface area contributed by atoms with Gasteiger partial charge in [-0.25, -0.2) is 9.59 Å². The van der Waals surface area contributed by atoms with E-state index < -0.39 is 29.6 Å². The Balaban J connectivity index is 2.62. The number of carboxylic acid groups (broad SMARTS) is 1. The minimum Gasteiger partial charge on any atom is -0.480 e. The number of carbonyl (C=O) groups excluding carboxylic acids is 1. The Kier molecular flexibility index (Phi) is 3.98. The average molecular weight is 244 g/mol. The number of carboxylic acids is 1. The largest absolute Gasteiger partial charge is 0.480 e. The highest BCUT2D eigenvalue weighted by Crippen LogP contribution is 2.20. The summed E-state index contributed by atoms with van der Waals surface area (Å²) >= 11 is 0. The molecule has 0 aromatic rings. The molecule has 98 valence electrons. The van der Waals surface area contributed by atoms with Crippen LogP contribution in [0.5, 0.6) is 0 Å². The quantitative estimate of drug-likeness (QED) is 0.650. The molecule has 0 aromatic heterocycles. The van der Waals surface area contributed by atoms with Crippen LogP contribution in [-0.4, -0.2) is 52.3 Å². The van der Waals surface area contributed by atoms with Crippen molar-refractivity contribution < 1.29 is 19.8 Å². The van der Waals surface area contributed by atoms with Crippen molar-refractivity contribution >= 4 is 12.0 Å². The van der Waals surface area contributed by atoms with Crippen LogP contribution >= 0.6 is 0 Å². The lowest BCUT2D eigenvalue weighted by molar-refractivity contribution is -0.142. The lowest BCUT2D eigenvalue weighted by Gasteiger charge is -2.29. The normalized spacial score (nSPS) is 22.4. The van der Waals surface area contributed by atoms with Crippen LogP contribution < -0.4 is 5.32 Å². The third kappa shape index (κ3) is 3.59. The number of nitrogens with one attached hydrogen (secondary N) is 1. The van der Waals surface area contributed by atoms with Gasteiger partial charge >= 0.3 is 12.0 Å². The van der Waals surface area contributed by atoms with Crippen LogP contribution in [0.1, 0.15) is 27.2 Å².